The van der Waals surface area contributed by atoms with Crippen LogP contribution in [0, 0.1) is 0 Å². The lowest BCUT2D eigenvalue weighted by Gasteiger charge is -2.07. The molecule has 0 fully saturated rings. The molecule has 4 nitrogen and oxygen atoms in total. The van der Waals surface area contributed by atoms with Gasteiger partial charge in [0.2, 0.25) is 10.0 Å². The van der Waals surface area contributed by atoms with Gasteiger partial charge in [0.05, 0.1) is 11.5 Å². The quantitative estimate of drug-likeness (QED) is 0.921. The van der Waals surface area contributed by atoms with Crippen LogP contribution in [0.25, 0.3) is 11.1 Å². The molecule has 2 aromatic rings. The van der Waals surface area contributed by atoms with Crippen LogP contribution >= 0.6 is 0 Å². The van der Waals surface area contributed by atoms with Crippen LogP contribution in [0.1, 0.15) is 6.92 Å². The van der Waals surface area contributed by atoms with Gasteiger partial charge in [-0.1, -0.05) is 24.3 Å². The molecule has 2 aromatic carbocycles. The van der Waals surface area contributed by atoms with Gasteiger partial charge in [-0.05, 0) is 49.4 Å². The van der Waals surface area contributed by atoms with E-state index in [1.807, 2.05) is 37.3 Å². The zero-order chi connectivity index (χ0) is 14.6. The molecule has 1 N–H and O–H groups in total. The monoisotopic (exact) mass is 291 g/mol. The zero-order valence-electron chi connectivity index (χ0n) is 11.5. The molecule has 0 aromatic heterocycles. The van der Waals surface area contributed by atoms with Gasteiger partial charge in [-0.25, -0.2) is 13.1 Å². The van der Waals surface area contributed by atoms with Crippen LogP contribution in [-0.4, -0.2) is 22.1 Å². The number of ether oxygens (including phenoxy) is 1. The van der Waals surface area contributed by atoms with Crippen LogP contribution in [0.3, 0.4) is 0 Å². The third-order valence-corrected chi connectivity index (χ3v) is 4.32. The highest BCUT2D eigenvalue weighted by molar-refractivity contribution is 7.89. The van der Waals surface area contributed by atoms with Crippen molar-refractivity contribution in [1.29, 1.82) is 0 Å². The van der Waals surface area contributed by atoms with Crippen molar-refractivity contribution < 1.29 is 13.2 Å². The third kappa shape index (κ3) is 3.18. The van der Waals surface area contributed by atoms with Gasteiger partial charge in [-0.2, -0.15) is 0 Å². The zero-order valence-corrected chi connectivity index (χ0v) is 12.3. The summed E-state index contributed by atoms with van der Waals surface area (Å²) in [6, 6.07) is 14.4. The fourth-order valence-electron chi connectivity index (χ4n) is 1.87. The molecule has 0 saturated carbocycles. The third-order valence-electron chi connectivity index (χ3n) is 2.91. The van der Waals surface area contributed by atoms with Crippen molar-refractivity contribution in [3.05, 3.63) is 48.5 Å². The van der Waals surface area contributed by atoms with Crippen molar-refractivity contribution in [2.24, 2.45) is 0 Å². The van der Waals surface area contributed by atoms with Crippen molar-refractivity contribution in [1.82, 2.24) is 4.72 Å². The molecule has 20 heavy (non-hydrogen) atoms. The number of hydrogen-bond acceptors (Lipinski definition) is 3. The maximum atomic E-state index is 11.8. The van der Waals surface area contributed by atoms with E-state index in [0.29, 0.717) is 6.61 Å². The van der Waals surface area contributed by atoms with Gasteiger partial charge >= 0.3 is 0 Å². The van der Waals surface area contributed by atoms with E-state index < -0.39 is 10.0 Å². The van der Waals surface area contributed by atoms with Crippen molar-refractivity contribution in [2.45, 2.75) is 11.8 Å². The molecule has 0 heterocycles. The molecule has 5 heteroatoms. The Labute approximate surface area is 119 Å². The standard InChI is InChI=1S/C15H17NO3S/c1-3-19-14-9-7-12(8-10-14)13-5-4-6-15(11-13)20(17,18)16-2/h4-11,16H,3H2,1-2H3. The summed E-state index contributed by atoms with van der Waals surface area (Å²) < 4.78 is 31.3. The summed E-state index contributed by atoms with van der Waals surface area (Å²) in [7, 11) is -2.02. The maximum Gasteiger partial charge on any atom is 0.240 e. The van der Waals surface area contributed by atoms with Crippen LogP contribution in [-0.2, 0) is 10.0 Å². The lowest BCUT2D eigenvalue weighted by Crippen LogP contribution is -2.18. The molecule has 0 saturated heterocycles. The largest absolute Gasteiger partial charge is 0.494 e. The van der Waals surface area contributed by atoms with E-state index in [1.54, 1.807) is 18.2 Å². The van der Waals surface area contributed by atoms with Gasteiger partial charge < -0.3 is 4.74 Å². The average molecular weight is 291 g/mol. The highest BCUT2D eigenvalue weighted by Crippen LogP contribution is 2.24. The highest BCUT2D eigenvalue weighted by atomic mass is 32.2. The number of rotatable bonds is 5. The molecule has 0 radical (unpaired) electrons. The van der Waals surface area contributed by atoms with Crippen LogP contribution in [0.4, 0.5) is 0 Å². The number of sulfonamides is 1. The summed E-state index contributed by atoms with van der Waals surface area (Å²) in [6.45, 7) is 2.55. The first kappa shape index (κ1) is 14.6. The first-order valence-corrected chi connectivity index (χ1v) is 7.82. The Morgan fingerprint density at radius 2 is 1.75 bits per heavy atom. The van der Waals surface area contributed by atoms with Crippen LogP contribution in [0.5, 0.6) is 5.75 Å². The number of benzene rings is 2. The molecule has 106 valence electrons. The normalized spacial score (nSPS) is 11.3. The average Bonchev–Trinajstić information content (AvgIpc) is 2.48. The van der Waals surface area contributed by atoms with Crippen molar-refractivity contribution >= 4 is 10.0 Å². The molecule has 0 spiro atoms. The van der Waals surface area contributed by atoms with Crippen molar-refractivity contribution in [3.63, 3.8) is 0 Å². The van der Waals surface area contributed by atoms with Crippen LogP contribution in [0.2, 0.25) is 0 Å². The summed E-state index contributed by atoms with van der Waals surface area (Å²) in [6.07, 6.45) is 0. The smallest absolute Gasteiger partial charge is 0.240 e. The second kappa shape index (κ2) is 6.07. The first-order chi connectivity index (χ1) is 9.56. The molecule has 0 bridgehead atoms. The van der Waals surface area contributed by atoms with E-state index in [-0.39, 0.29) is 4.90 Å². The van der Waals surface area contributed by atoms with E-state index in [1.165, 1.54) is 7.05 Å². The van der Waals surface area contributed by atoms with Gasteiger partial charge in [-0.15, -0.1) is 0 Å². The summed E-state index contributed by atoms with van der Waals surface area (Å²) >= 11 is 0. The molecule has 0 aliphatic carbocycles. The lowest BCUT2D eigenvalue weighted by molar-refractivity contribution is 0.340. The minimum atomic E-state index is -3.42. The summed E-state index contributed by atoms with van der Waals surface area (Å²) in [5.41, 5.74) is 1.80. The summed E-state index contributed by atoms with van der Waals surface area (Å²) in [5, 5.41) is 0. The second-order valence-corrected chi connectivity index (χ2v) is 6.08. The fourth-order valence-corrected chi connectivity index (χ4v) is 2.65. The highest BCUT2D eigenvalue weighted by Gasteiger charge is 2.11. The first-order valence-electron chi connectivity index (χ1n) is 6.33. The van der Waals surface area contributed by atoms with E-state index >= 15 is 0 Å². The molecule has 0 atom stereocenters. The van der Waals surface area contributed by atoms with E-state index in [9.17, 15) is 8.42 Å². The Bertz CT molecular complexity index is 679. The Morgan fingerprint density at radius 3 is 2.35 bits per heavy atom. The molecule has 0 aliphatic heterocycles. The van der Waals surface area contributed by atoms with Crippen molar-refractivity contribution in [3.8, 4) is 16.9 Å². The minimum absolute atomic E-state index is 0.256. The van der Waals surface area contributed by atoms with E-state index in [2.05, 4.69) is 4.72 Å². The molecule has 2 rings (SSSR count). The Morgan fingerprint density at radius 1 is 1.05 bits per heavy atom. The van der Waals surface area contributed by atoms with Gasteiger partial charge in [-0.3, -0.25) is 0 Å². The predicted octanol–water partition coefficient (Wildman–Crippen LogP) is 2.66. The molecule has 0 unspecified atom stereocenters. The Balaban J connectivity index is 2.36. The topological polar surface area (TPSA) is 55.4 Å². The van der Waals surface area contributed by atoms with E-state index in [0.717, 1.165) is 16.9 Å². The van der Waals surface area contributed by atoms with Gasteiger partial charge in [0.25, 0.3) is 0 Å². The number of hydrogen-bond donors (Lipinski definition) is 1. The second-order valence-electron chi connectivity index (χ2n) is 4.19. The van der Waals surface area contributed by atoms with Gasteiger partial charge in [0.1, 0.15) is 5.75 Å². The maximum absolute atomic E-state index is 11.8. The van der Waals surface area contributed by atoms with Gasteiger partial charge in [0, 0.05) is 0 Å². The lowest BCUT2D eigenvalue weighted by atomic mass is 10.1. The molecule has 0 amide bonds. The molecular formula is C15H17NO3S. The summed E-state index contributed by atoms with van der Waals surface area (Å²) in [5.74, 6) is 0.801. The minimum Gasteiger partial charge on any atom is -0.494 e. The summed E-state index contributed by atoms with van der Waals surface area (Å²) in [4.78, 5) is 0.256. The Hall–Kier alpha value is -1.85. The van der Waals surface area contributed by atoms with Gasteiger partial charge in [0.15, 0.2) is 0 Å². The van der Waals surface area contributed by atoms with Crippen molar-refractivity contribution in [2.75, 3.05) is 13.7 Å². The number of nitrogens with one attached hydrogen (secondary N) is 1. The van der Waals surface area contributed by atoms with Crippen LogP contribution < -0.4 is 9.46 Å². The fraction of sp³-hybridized carbons (Fsp3) is 0.200. The van der Waals surface area contributed by atoms with Crippen LogP contribution in [0.15, 0.2) is 53.4 Å². The predicted molar refractivity (Wildman–Crippen MR) is 79.3 cm³/mol. The van der Waals surface area contributed by atoms with E-state index in [4.69, 9.17) is 4.74 Å². The Kier molecular flexibility index (Phi) is 4.42. The molecule has 0 aliphatic rings. The SMILES string of the molecule is CCOc1ccc(-c2cccc(S(=O)(=O)NC)c2)cc1. The molecular weight excluding hydrogens is 274 g/mol.